The zero-order valence-electron chi connectivity index (χ0n) is 18.1. The summed E-state index contributed by atoms with van der Waals surface area (Å²) >= 11 is 3.11. The van der Waals surface area contributed by atoms with Crippen molar-refractivity contribution in [2.45, 2.75) is 50.1 Å². The number of ether oxygens (including phenoxy) is 1. The molecule has 166 valence electrons. The number of rotatable bonds is 7. The molecule has 3 heterocycles. The van der Waals surface area contributed by atoms with Gasteiger partial charge in [-0.25, -0.2) is 4.98 Å². The number of nitrogens with zero attached hydrogens (tertiary/aromatic N) is 4. The van der Waals surface area contributed by atoms with Crippen LogP contribution < -0.4 is 5.56 Å². The van der Waals surface area contributed by atoms with Crippen molar-refractivity contribution in [3.05, 3.63) is 56.5 Å². The lowest BCUT2D eigenvalue weighted by Gasteiger charge is -2.12. The number of benzene rings is 1. The van der Waals surface area contributed by atoms with E-state index in [2.05, 4.69) is 10.1 Å². The molecule has 0 N–H and O–H groups in total. The lowest BCUT2D eigenvalue weighted by molar-refractivity contribution is 0.183. The van der Waals surface area contributed by atoms with Crippen molar-refractivity contribution < 1.29 is 9.26 Å². The molecule has 0 unspecified atom stereocenters. The Balaban J connectivity index is 1.44. The Hall–Kier alpha value is -2.49. The van der Waals surface area contributed by atoms with E-state index in [4.69, 9.17) is 14.2 Å². The van der Waals surface area contributed by atoms with Crippen LogP contribution in [0, 0.1) is 6.92 Å². The van der Waals surface area contributed by atoms with Gasteiger partial charge in [-0.2, -0.15) is 4.98 Å². The van der Waals surface area contributed by atoms with Crippen molar-refractivity contribution >= 4 is 33.3 Å². The molecule has 0 radical (unpaired) electrons. The highest BCUT2D eigenvalue weighted by molar-refractivity contribution is 7.98. The Kier molecular flexibility index (Phi) is 6.12. The first-order chi connectivity index (χ1) is 15.6. The van der Waals surface area contributed by atoms with Gasteiger partial charge in [-0.1, -0.05) is 46.7 Å². The van der Waals surface area contributed by atoms with E-state index in [9.17, 15) is 4.79 Å². The summed E-state index contributed by atoms with van der Waals surface area (Å²) in [6.07, 6.45) is 4.32. The Morgan fingerprint density at radius 1 is 1.19 bits per heavy atom. The van der Waals surface area contributed by atoms with E-state index in [0.717, 1.165) is 35.0 Å². The summed E-state index contributed by atoms with van der Waals surface area (Å²) in [5.41, 5.74) is 3.33. The first kappa shape index (κ1) is 21.4. The molecule has 0 aliphatic heterocycles. The summed E-state index contributed by atoms with van der Waals surface area (Å²) in [6.45, 7) is 2.95. The largest absolute Gasteiger partial charge is 0.383 e. The Bertz CT molecular complexity index is 1310. The standard InChI is InChI=1S/C23H24N4O3S2/c1-14-7-9-15(10-8-14)20-24-18(30-26-20)13-31-23-25-21-19(22(28)27(23)11-12-29-2)16-5-3-4-6-17(16)32-21/h7-10H,3-6,11-13H2,1-2H3. The zero-order valence-corrected chi connectivity index (χ0v) is 19.7. The molecule has 0 saturated carbocycles. The van der Waals surface area contributed by atoms with Crippen LogP contribution in [0.2, 0.25) is 0 Å². The van der Waals surface area contributed by atoms with Gasteiger partial charge in [0.2, 0.25) is 11.7 Å². The van der Waals surface area contributed by atoms with Crippen LogP contribution in [0.5, 0.6) is 0 Å². The quantitative estimate of drug-likeness (QED) is 0.289. The van der Waals surface area contributed by atoms with Crippen molar-refractivity contribution in [3.8, 4) is 11.4 Å². The van der Waals surface area contributed by atoms with Crippen LogP contribution in [0.4, 0.5) is 0 Å². The van der Waals surface area contributed by atoms with E-state index in [1.165, 1.54) is 34.2 Å². The molecule has 1 aromatic carbocycles. The van der Waals surface area contributed by atoms with Crippen LogP contribution in [0.1, 0.15) is 34.7 Å². The van der Waals surface area contributed by atoms with Crippen molar-refractivity contribution in [2.24, 2.45) is 0 Å². The molecule has 4 aromatic rings. The maximum atomic E-state index is 13.4. The molecule has 9 heteroatoms. The maximum Gasteiger partial charge on any atom is 0.263 e. The topological polar surface area (TPSA) is 83.0 Å². The van der Waals surface area contributed by atoms with Gasteiger partial charge in [0.15, 0.2) is 5.16 Å². The molecule has 3 aromatic heterocycles. The van der Waals surface area contributed by atoms with E-state index < -0.39 is 0 Å². The van der Waals surface area contributed by atoms with Crippen LogP contribution in [0.25, 0.3) is 21.6 Å². The smallest absolute Gasteiger partial charge is 0.263 e. The van der Waals surface area contributed by atoms with Gasteiger partial charge in [0.1, 0.15) is 4.83 Å². The van der Waals surface area contributed by atoms with Gasteiger partial charge in [-0.15, -0.1) is 11.3 Å². The van der Waals surface area contributed by atoms with Gasteiger partial charge in [-0.05, 0) is 38.2 Å². The second kappa shape index (κ2) is 9.17. The third-order valence-corrected chi connectivity index (χ3v) is 7.81. The number of fused-ring (bicyclic) bond motifs is 3. The third-order valence-electron chi connectivity index (χ3n) is 5.66. The predicted molar refractivity (Wildman–Crippen MR) is 126 cm³/mol. The normalized spacial score (nSPS) is 13.6. The van der Waals surface area contributed by atoms with Crippen molar-refractivity contribution in [3.63, 3.8) is 0 Å². The van der Waals surface area contributed by atoms with Crippen LogP contribution >= 0.6 is 23.1 Å². The average molecular weight is 469 g/mol. The van der Waals surface area contributed by atoms with Crippen LogP contribution in [0.15, 0.2) is 38.7 Å². The minimum Gasteiger partial charge on any atom is -0.383 e. The molecule has 1 aliphatic carbocycles. The highest BCUT2D eigenvalue weighted by Crippen LogP contribution is 2.35. The molecule has 5 rings (SSSR count). The Morgan fingerprint density at radius 2 is 2.00 bits per heavy atom. The molecule has 32 heavy (non-hydrogen) atoms. The highest BCUT2D eigenvalue weighted by Gasteiger charge is 2.22. The summed E-state index contributed by atoms with van der Waals surface area (Å²) in [4.78, 5) is 25.0. The van der Waals surface area contributed by atoms with E-state index in [1.807, 2.05) is 31.2 Å². The van der Waals surface area contributed by atoms with Crippen molar-refractivity contribution in [1.29, 1.82) is 0 Å². The molecule has 0 saturated heterocycles. The van der Waals surface area contributed by atoms with Crippen molar-refractivity contribution in [2.75, 3.05) is 13.7 Å². The monoisotopic (exact) mass is 468 g/mol. The zero-order chi connectivity index (χ0) is 22.1. The van der Waals surface area contributed by atoms with E-state index in [1.54, 1.807) is 23.0 Å². The SMILES string of the molecule is COCCn1c(SCc2nc(-c3ccc(C)cc3)no2)nc2sc3c(c2c1=O)CCCC3. The van der Waals surface area contributed by atoms with E-state index >= 15 is 0 Å². The first-order valence-corrected chi connectivity index (χ1v) is 12.5. The minimum atomic E-state index is 0.0276. The van der Waals surface area contributed by atoms with Gasteiger partial charge in [-0.3, -0.25) is 9.36 Å². The van der Waals surface area contributed by atoms with E-state index in [-0.39, 0.29) is 5.56 Å². The molecular weight excluding hydrogens is 444 g/mol. The van der Waals surface area contributed by atoms with Crippen LogP contribution in [-0.4, -0.2) is 33.4 Å². The van der Waals surface area contributed by atoms with Crippen molar-refractivity contribution in [1.82, 2.24) is 19.7 Å². The molecular formula is C23H24N4O3S2. The van der Waals surface area contributed by atoms with Gasteiger partial charge < -0.3 is 9.26 Å². The summed E-state index contributed by atoms with van der Waals surface area (Å²) in [5.74, 6) is 1.50. The fraction of sp³-hybridized carbons (Fsp3) is 0.391. The first-order valence-electron chi connectivity index (χ1n) is 10.7. The molecule has 7 nitrogen and oxygen atoms in total. The lowest BCUT2D eigenvalue weighted by Crippen LogP contribution is -2.25. The fourth-order valence-electron chi connectivity index (χ4n) is 3.97. The number of hydrogen-bond acceptors (Lipinski definition) is 8. The summed E-state index contributed by atoms with van der Waals surface area (Å²) < 4.78 is 12.4. The van der Waals surface area contributed by atoms with Crippen LogP contribution in [-0.2, 0) is 29.9 Å². The van der Waals surface area contributed by atoms with Gasteiger partial charge in [0, 0.05) is 17.6 Å². The lowest BCUT2D eigenvalue weighted by atomic mass is 9.97. The fourth-order valence-corrected chi connectivity index (χ4v) is 6.13. The average Bonchev–Trinajstić information content (AvgIpc) is 3.42. The predicted octanol–water partition coefficient (Wildman–Crippen LogP) is 4.63. The molecule has 0 spiro atoms. The minimum absolute atomic E-state index is 0.0276. The summed E-state index contributed by atoms with van der Waals surface area (Å²) in [7, 11) is 1.64. The number of hydrogen-bond donors (Lipinski definition) is 0. The molecule has 0 atom stereocenters. The summed E-state index contributed by atoms with van der Waals surface area (Å²) in [5, 5.41) is 5.56. The molecule has 0 bridgehead atoms. The molecule has 0 amide bonds. The Morgan fingerprint density at radius 3 is 2.81 bits per heavy atom. The van der Waals surface area contributed by atoms with Crippen LogP contribution in [0.3, 0.4) is 0 Å². The number of aryl methyl sites for hydroxylation is 3. The Labute approximate surface area is 193 Å². The molecule has 1 aliphatic rings. The third kappa shape index (κ3) is 4.12. The second-order valence-corrected chi connectivity index (χ2v) is 9.93. The second-order valence-electron chi connectivity index (χ2n) is 7.90. The number of aromatic nitrogens is 4. The number of thioether (sulfide) groups is 1. The highest BCUT2D eigenvalue weighted by atomic mass is 32.2. The van der Waals surface area contributed by atoms with Gasteiger partial charge in [0.25, 0.3) is 5.56 Å². The van der Waals surface area contributed by atoms with Gasteiger partial charge in [0.05, 0.1) is 24.3 Å². The number of thiophene rings is 1. The number of methoxy groups -OCH3 is 1. The maximum absolute atomic E-state index is 13.4. The van der Waals surface area contributed by atoms with Gasteiger partial charge >= 0.3 is 0 Å². The summed E-state index contributed by atoms with van der Waals surface area (Å²) in [6, 6.07) is 8.00. The molecule has 0 fully saturated rings. The van der Waals surface area contributed by atoms with E-state index in [0.29, 0.717) is 35.8 Å².